The van der Waals surface area contributed by atoms with Crippen LogP contribution in [0, 0.1) is 12.3 Å². The predicted molar refractivity (Wildman–Crippen MR) is 159 cm³/mol. The molecule has 2 aromatic carbocycles. The third-order valence-corrected chi connectivity index (χ3v) is 8.49. The van der Waals surface area contributed by atoms with Crippen molar-refractivity contribution in [1.82, 2.24) is 9.88 Å². The van der Waals surface area contributed by atoms with E-state index in [1.54, 1.807) is 43.1 Å². The first kappa shape index (κ1) is 31.1. The van der Waals surface area contributed by atoms with Gasteiger partial charge in [0.1, 0.15) is 6.10 Å². The minimum atomic E-state index is -4.52. The van der Waals surface area contributed by atoms with Gasteiger partial charge < -0.3 is 14.6 Å². The molecule has 1 saturated heterocycles. The fourth-order valence-electron chi connectivity index (χ4n) is 6.22. The quantitative estimate of drug-likeness (QED) is 0.290. The van der Waals surface area contributed by atoms with Gasteiger partial charge in [0, 0.05) is 23.9 Å². The van der Waals surface area contributed by atoms with E-state index in [-0.39, 0.29) is 17.5 Å². The van der Waals surface area contributed by atoms with Crippen LogP contribution in [0.3, 0.4) is 0 Å². The predicted octanol–water partition coefficient (Wildman–Crippen LogP) is 8.33. The van der Waals surface area contributed by atoms with Crippen LogP contribution in [0.2, 0.25) is 0 Å². The molecule has 232 valence electrons. The number of carbonyl (C=O) groups excluding carboxylic acids is 1. The van der Waals surface area contributed by atoms with Crippen molar-refractivity contribution >= 4 is 17.6 Å². The molecule has 1 amide bonds. The number of nitrogens with zero attached hydrogens (tertiary/aromatic N) is 2. The first-order chi connectivity index (χ1) is 20.7. The van der Waals surface area contributed by atoms with E-state index in [9.17, 15) is 27.9 Å². The summed E-state index contributed by atoms with van der Waals surface area (Å²) in [7, 11) is 1.53. The standard InChI is InChI=1S/C34H35F3N2O5/c1-19-11-23(14-26(12-19)34(35,36)37)29-20(2)39(32(42)44-29)18-25-16-33(3,4)10-9-27(25)28-15-24(17-38-30(28)43-5)21-7-6-8-22(13-21)31(40)41/h6-8,11-15,17,20,29H,9-10,16,18H2,1-5H3,(H,40,41)/t20-,29-/m0/s1. The summed E-state index contributed by atoms with van der Waals surface area (Å²) < 4.78 is 52.0. The second-order valence-electron chi connectivity index (χ2n) is 12.4. The van der Waals surface area contributed by atoms with Crippen molar-refractivity contribution < 1.29 is 37.3 Å². The Bertz CT molecular complexity index is 1650. The third-order valence-electron chi connectivity index (χ3n) is 8.49. The molecule has 2 heterocycles. The van der Waals surface area contributed by atoms with E-state index in [1.165, 1.54) is 13.2 Å². The molecule has 10 heteroatoms. The van der Waals surface area contributed by atoms with Crippen LogP contribution in [0.5, 0.6) is 5.88 Å². The Balaban J connectivity index is 1.53. The maximum absolute atomic E-state index is 13.6. The maximum Gasteiger partial charge on any atom is 0.416 e. The molecule has 1 N–H and O–H groups in total. The topological polar surface area (TPSA) is 89.0 Å². The third kappa shape index (κ3) is 6.30. The highest BCUT2D eigenvalue weighted by atomic mass is 19.4. The molecule has 0 radical (unpaired) electrons. The number of allylic oxidation sites excluding steroid dienone is 1. The van der Waals surface area contributed by atoms with Gasteiger partial charge in [-0.25, -0.2) is 14.6 Å². The number of amides is 1. The van der Waals surface area contributed by atoms with Crippen LogP contribution in [-0.4, -0.2) is 46.7 Å². The second kappa shape index (κ2) is 11.6. The summed E-state index contributed by atoms with van der Waals surface area (Å²) >= 11 is 0. The van der Waals surface area contributed by atoms with Crippen molar-refractivity contribution in [2.75, 3.05) is 13.7 Å². The zero-order valence-electron chi connectivity index (χ0n) is 25.3. The number of carboxylic acids is 1. The number of aryl methyl sites for hydroxylation is 1. The fraction of sp³-hybridized carbons (Fsp3) is 0.382. The van der Waals surface area contributed by atoms with Crippen molar-refractivity contribution in [2.24, 2.45) is 5.41 Å². The van der Waals surface area contributed by atoms with Crippen molar-refractivity contribution in [2.45, 2.75) is 65.3 Å². The Morgan fingerprint density at radius 3 is 2.59 bits per heavy atom. The molecule has 44 heavy (non-hydrogen) atoms. The number of carboxylic acid groups (broad SMARTS) is 1. The number of aromatic carboxylic acids is 1. The molecule has 1 aromatic heterocycles. The van der Waals surface area contributed by atoms with Crippen molar-refractivity contribution in [3.63, 3.8) is 0 Å². The van der Waals surface area contributed by atoms with E-state index >= 15 is 0 Å². The van der Waals surface area contributed by atoms with Gasteiger partial charge in [-0.1, -0.05) is 37.6 Å². The van der Waals surface area contributed by atoms with Gasteiger partial charge in [0.2, 0.25) is 5.88 Å². The van der Waals surface area contributed by atoms with E-state index in [4.69, 9.17) is 9.47 Å². The normalized spacial score (nSPS) is 20.1. The molecule has 2 aliphatic rings. The minimum absolute atomic E-state index is 0.0582. The summed E-state index contributed by atoms with van der Waals surface area (Å²) in [5.41, 5.74) is 4.19. The van der Waals surface area contributed by atoms with Crippen LogP contribution in [0.4, 0.5) is 18.0 Å². The molecule has 1 fully saturated rings. The van der Waals surface area contributed by atoms with Crippen LogP contribution >= 0.6 is 0 Å². The lowest BCUT2D eigenvalue weighted by Crippen LogP contribution is -2.35. The van der Waals surface area contributed by atoms with E-state index in [1.807, 2.05) is 12.1 Å². The number of alkyl halides is 3. The summed E-state index contributed by atoms with van der Waals surface area (Å²) in [5.74, 6) is -0.622. The van der Waals surface area contributed by atoms with E-state index in [2.05, 4.69) is 18.8 Å². The highest BCUT2D eigenvalue weighted by Crippen LogP contribution is 2.46. The summed E-state index contributed by atoms with van der Waals surface area (Å²) in [6.07, 6.45) is -2.09. The van der Waals surface area contributed by atoms with Crippen LogP contribution in [-0.2, 0) is 10.9 Å². The minimum Gasteiger partial charge on any atom is -0.481 e. The summed E-state index contributed by atoms with van der Waals surface area (Å²) in [6, 6.07) is 11.8. The van der Waals surface area contributed by atoms with Gasteiger partial charge in [-0.05, 0) is 91.1 Å². The number of hydrogen-bond acceptors (Lipinski definition) is 5. The van der Waals surface area contributed by atoms with Crippen molar-refractivity contribution in [3.05, 3.63) is 88.1 Å². The number of rotatable bonds is 7. The zero-order valence-corrected chi connectivity index (χ0v) is 25.3. The maximum atomic E-state index is 13.6. The molecule has 1 aliphatic carbocycles. The lowest BCUT2D eigenvalue weighted by molar-refractivity contribution is -0.137. The number of halogens is 3. The number of carbonyl (C=O) groups is 2. The van der Waals surface area contributed by atoms with E-state index in [0.717, 1.165) is 40.8 Å². The number of ether oxygens (including phenoxy) is 2. The summed E-state index contributed by atoms with van der Waals surface area (Å²) in [5, 5.41) is 9.48. The van der Waals surface area contributed by atoms with Gasteiger partial charge >= 0.3 is 18.2 Å². The SMILES string of the molecule is COc1ncc(-c2cccc(C(=O)O)c2)cc1C1=C(CN2C(=O)O[C@H](c3cc(C)cc(C(F)(F)F)c3)[C@@H]2C)CC(C)(C)CC1. The Hall–Kier alpha value is -4.34. The number of hydrogen-bond donors (Lipinski definition) is 1. The molecular weight excluding hydrogens is 573 g/mol. The summed E-state index contributed by atoms with van der Waals surface area (Å²) in [6.45, 7) is 7.93. The van der Waals surface area contributed by atoms with Crippen molar-refractivity contribution in [3.8, 4) is 17.0 Å². The number of cyclic esters (lactones) is 1. The molecule has 7 nitrogen and oxygen atoms in total. The van der Waals surface area contributed by atoms with Crippen LogP contribution < -0.4 is 4.74 Å². The second-order valence-corrected chi connectivity index (χ2v) is 12.4. The molecule has 5 rings (SSSR count). The number of methoxy groups -OCH3 is 1. The van der Waals surface area contributed by atoms with Gasteiger partial charge in [-0.3, -0.25) is 4.90 Å². The highest BCUT2D eigenvalue weighted by Gasteiger charge is 2.42. The first-order valence-electron chi connectivity index (χ1n) is 14.4. The number of aromatic nitrogens is 1. The average Bonchev–Trinajstić information content (AvgIpc) is 3.24. The smallest absolute Gasteiger partial charge is 0.416 e. The number of benzene rings is 2. The highest BCUT2D eigenvalue weighted by molar-refractivity contribution is 5.89. The van der Waals surface area contributed by atoms with E-state index < -0.39 is 35.9 Å². The Morgan fingerprint density at radius 1 is 1.16 bits per heavy atom. The first-order valence-corrected chi connectivity index (χ1v) is 14.4. The van der Waals surface area contributed by atoms with Crippen LogP contribution in [0.1, 0.15) is 78.7 Å². The Labute approximate surface area is 254 Å². The average molecular weight is 609 g/mol. The van der Waals surface area contributed by atoms with Gasteiger partial charge in [0.15, 0.2) is 0 Å². The number of pyridine rings is 1. The molecule has 0 spiro atoms. The molecular formula is C34H35F3N2O5. The lowest BCUT2D eigenvalue weighted by Gasteiger charge is -2.35. The van der Waals surface area contributed by atoms with Gasteiger partial charge in [-0.15, -0.1) is 0 Å². The Morgan fingerprint density at radius 2 is 1.91 bits per heavy atom. The summed E-state index contributed by atoms with van der Waals surface area (Å²) in [4.78, 5) is 30.9. The molecule has 0 bridgehead atoms. The van der Waals surface area contributed by atoms with Gasteiger partial charge in [0.25, 0.3) is 0 Å². The molecule has 2 atom stereocenters. The fourth-order valence-corrected chi connectivity index (χ4v) is 6.22. The largest absolute Gasteiger partial charge is 0.481 e. The van der Waals surface area contributed by atoms with Crippen LogP contribution in [0.15, 0.2) is 60.3 Å². The van der Waals surface area contributed by atoms with Gasteiger partial charge in [0.05, 0.1) is 24.3 Å². The Kier molecular flexibility index (Phi) is 8.22. The molecule has 0 saturated carbocycles. The lowest BCUT2D eigenvalue weighted by atomic mass is 9.72. The van der Waals surface area contributed by atoms with Crippen molar-refractivity contribution in [1.29, 1.82) is 0 Å². The van der Waals surface area contributed by atoms with Crippen LogP contribution in [0.25, 0.3) is 16.7 Å². The van der Waals surface area contributed by atoms with Gasteiger partial charge in [-0.2, -0.15) is 13.2 Å². The van der Waals surface area contributed by atoms with E-state index in [0.29, 0.717) is 35.4 Å². The molecule has 1 aliphatic heterocycles. The monoisotopic (exact) mass is 608 g/mol. The zero-order chi connectivity index (χ0) is 32.0. The molecule has 3 aromatic rings. The molecule has 0 unspecified atom stereocenters.